The summed E-state index contributed by atoms with van der Waals surface area (Å²) >= 11 is 0. The van der Waals surface area contributed by atoms with Gasteiger partial charge in [-0.05, 0) is 49.9 Å². The van der Waals surface area contributed by atoms with E-state index in [1.54, 1.807) is 19.1 Å². The molecule has 0 aliphatic heterocycles. The van der Waals surface area contributed by atoms with E-state index in [1.807, 2.05) is 0 Å². The number of carbonyl (C=O) groups excluding carboxylic acids is 1. The van der Waals surface area contributed by atoms with Crippen molar-refractivity contribution in [1.82, 2.24) is 0 Å². The van der Waals surface area contributed by atoms with Crippen LogP contribution in [0.1, 0.15) is 45.4 Å². The van der Waals surface area contributed by atoms with Crippen LogP contribution in [0, 0.1) is 5.92 Å². The van der Waals surface area contributed by atoms with Crippen LogP contribution in [0.15, 0.2) is 29.2 Å². The van der Waals surface area contributed by atoms with Crippen LogP contribution in [0.3, 0.4) is 0 Å². The maximum Gasteiger partial charge on any atom is 0.238 e. The first-order valence-corrected chi connectivity index (χ1v) is 9.30. The van der Waals surface area contributed by atoms with Crippen molar-refractivity contribution < 1.29 is 13.2 Å². The second kappa shape index (κ2) is 7.24. The molecule has 5 nitrogen and oxygen atoms in total. The first kappa shape index (κ1) is 17.0. The standard InChI is InChI=1S/C16H24N2O3S/c1-12(19)11-16(13-5-3-2-4-6-13)18-14-7-9-15(10-8-14)22(17,20)21/h7-10,13,16,18H,2-6,11H2,1H3,(H2,17,20,21)/t16-/m0/s1. The molecule has 2 rings (SSSR count). The number of nitrogens with two attached hydrogens (primary N) is 1. The summed E-state index contributed by atoms with van der Waals surface area (Å²) in [4.78, 5) is 11.6. The fourth-order valence-electron chi connectivity index (χ4n) is 3.14. The molecule has 3 N–H and O–H groups in total. The molecule has 1 aromatic carbocycles. The molecule has 1 aliphatic carbocycles. The first-order chi connectivity index (χ1) is 10.4. The molecule has 1 aromatic rings. The molecule has 1 saturated carbocycles. The van der Waals surface area contributed by atoms with E-state index in [0.29, 0.717) is 12.3 Å². The molecule has 122 valence electrons. The minimum Gasteiger partial charge on any atom is -0.382 e. The molecule has 1 aliphatic rings. The average molecular weight is 324 g/mol. The van der Waals surface area contributed by atoms with E-state index in [0.717, 1.165) is 18.5 Å². The summed E-state index contributed by atoms with van der Waals surface area (Å²) in [7, 11) is -3.67. The molecule has 1 atom stereocenters. The Hall–Kier alpha value is -1.40. The van der Waals surface area contributed by atoms with Gasteiger partial charge in [-0.25, -0.2) is 13.6 Å². The smallest absolute Gasteiger partial charge is 0.238 e. The highest BCUT2D eigenvalue weighted by molar-refractivity contribution is 7.89. The van der Waals surface area contributed by atoms with Crippen LogP contribution in [0.25, 0.3) is 0 Å². The van der Waals surface area contributed by atoms with Crippen molar-refractivity contribution in [3.8, 4) is 0 Å². The molecule has 1 fully saturated rings. The number of benzene rings is 1. The van der Waals surface area contributed by atoms with Gasteiger partial charge in [-0.15, -0.1) is 0 Å². The number of primary sulfonamides is 1. The van der Waals surface area contributed by atoms with Gasteiger partial charge >= 0.3 is 0 Å². The zero-order chi connectivity index (χ0) is 16.2. The van der Waals surface area contributed by atoms with E-state index in [2.05, 4.69) is 5.32 Å². The van der Waals surface area contributed by atoms with Crippen molar-refractivity contribution in [3.05, 3.63) is 24.3 Å². The van der Waals surface area contributed by atoms with E-state index in [4.69, 9.17) is 5.14 Å². The normalized spacial score (nSPS) is 17.9. The zero-order valence-corrected chi connectivity index (χ0v) is 13.7. The Bertz CT molecular complexity index is 605. The average Bonchev–Trinajstić information content (AvgIpc) is 2.47. The van der Waals surface area contributed by atoms with Crippen LogP contribution in [0.4, 0.5) is 5.69 Å². The molecule has 0 spiro atoms. The van der Waals surface area contributed by atoms with Gasteiger partial charge in [-0.2, -0.15) is 0 Å². The van der Waals surface area contributed by atoms with Gasteiger partial charge in [-0.3, -0.25) is 4.79 Å². The number of rotatable bonds is 6. The minimum absolute atomic E-state index is 0.0961. The first-order valence-electron chi connectivity index (χ1n) is 7.75. The maximum absolute atomic E-state index is 11.5. The van der Waals surface area contributed by atoms with Gasteiger partial charge in [0.2, 0.25) is 10.0 Å². The molecule has 22 heavy (non-hydrogen) atoms. The van der Waals surface area contributed by atoms with E-state index >= 15 is 0 Å². The summed E-state index contributed by atoms with van der Waals surface area (Å²) in [6.45, 7) is 1.61. The summed E-state index contributed by atoms with van der Waals surface area (Å²) in [6, 6.07) is 6.50. The summed E-state index contributed by atoms with van der Waals surface area (Å²) in [5, 5.41) is 8.50. The van der Waals surface area contributed by atoms with Gasteiger partial charge in [0.15, 0.2) is 0 Å². The Balaban J connectivity index is 2.10. The number of sulfonamides is 1. The van der Waals surface area contributed by atoms with Crippen LogP contribution < -0.4 is 10.5 Å². The van der Waals surface area contributed by atoms with Gasteiger partial charge in [0.25, 0.3) is 0 Å². The lowest BCUT2D eigenvalue weighted by Crippen LogP contribution is -2.32. The number of ketones is 1. The zero-order valence-electron chi connectivity index (χ0n) is 12.9. The van der Waals surface area contributed by atoms with Crippen molar-refractivity contribution in [2.45, 2.75) is 56.4 Å². The number of Topliss-reactive ketones (excluding diaryl/α,β-unsaturated/α-hetero) is 1. The van der Waals surface area contributed by atoms with Crippen LogP contribution in [-0.2, 0) is 14.8 Å². The van der Waals surface area contributed by atoms with Gasteiger partial charge in [-0.1, -0.05) is 19.3 Å². The largest absolute Gasteiger partial charge is 0.382 e. The van der Waals surface area contributed by atoms with Crippen LogP contribution in [0.2, 0.25) is 0 Å². The lowest BCUT2D eigenvalue weighted by atomic mass is 9.82. The van der Waals surface area contributed by atoms with E-state index < -0.39 is 10.0 Å². The molecule has 0 unspecified atom stereocenters. The van der Waals surface area contributed by atoms with Crippen molar-refractivity contribution >= 4 is 21.5 Å². The second-order valence-corrected chi connectivity index (χ2v) is 7.69. The molecule has 6 heteroatoms. The van der Waals surface area contributed by atoms with Gasteiger partial charge < -0.3 is 5.32 Å². The summed E-state index contributed by atoms with van der Waals surface area (Å²) in [6.07, 6.45) is 6.48. The van der Waals surface area contributed by atoms with Gasteiger partial charge in [0.1, 0.15) is 5.78 Å². The summed E-state index contributed by atoms with van der Waals surface area (Å²) in [5.41, 5.74) is 0.823. The lowest BCUT2D eigenvalue weighted by molar-refractivity contribution is -0.117. The molecular weight excluding hydrogens is 300 g/mol. The van der Waals surface area contributed by atoms with Crippen molar-refractivity contribution in [2.75, 3.05) is 5.32 Å². The maximum atomic E-state index is 11.5. The number of hydrogen-bond donors (Lipinski definition) is 2. The van der Waals surface area contributed by atoms with Crippen molar-refractivity contribution in [3.63, 3.8) is 0 Å². The van der Waals surface area contributed by atoms with E-state index in [9.17, 15) is 13.2 Å². The number of hydrogen-bond acceptors (Lipinski definition) is 4. The number of nitrogens with one attached hydrogen (secondary N) is 1. The predicted molar refractivity (Wildman–Crippen MR) is 87.1 cm³/mol. The third-order valence-corrected chi connectivity index (χ3v) is 5.19. The summed E-state index contributed by atoms with van der Waals surface area (Å²) in [5.74, 6) is 0.666. The minimum atomic E-state index is -3.67. The lowest BCUT2D eigenvalue weighted by Gasteiger charge is -2.31. The van der Waals surface area contributed by atoms with E-state index in [-0.39, 0.29) is 16.7 Å². The Morgan fingerprint density at radius 3 is 2.32 bits per heavy atom. The SMILES string of the molecule is CC(=O)C[C@H](Nc1ccc(S(N)(=O)=O)cc1)C1CCCCC1. The predicted octanol–water partition coefficient (Wildman–Crippen LogP) is 2.67. The third kappa shape index (κ3) is 4.81. The second-order valence-electron chi connectivity index (χ2n) is 6.12. The quantitative estimate of drug-likeness (QED) is 0.842. The molecule has 0 saturated heterocycles. The Morgan fingerprint density at radius 1 is 1.23 bits per heavy atom. The number of anilines is 1. The van der Waals surface area contributed by atoms with Crippen LogP contribution in [-0.4, -0.2) is 20.2 Å². The molecule has 0 amide bonds. The number of carbonyl (C=O) groups is 1. The Kier molecular flexibility index (Phi) is 5.58. The van der Waals surface area contributed by atoms with Crippen LogP contribution in [0.5, 0.6) is 0 Å². The van der Waals surface area contributed by atoms with E-state index in [1.165, 1.54) is 31.4 Å². The van der Waals surface area contributed by atoms with Gasteiger partial charge in [0.05, 0.1) is 4.90 Å². The van der Waals surface area contributed by atoms with Crippen molar-refractivity contribution in [2.24, 2.45) is 11.1 Å². The fourth-order valence-corrected chi connectivity index (χ4v) is 3.65. The molecule has 0 bridgehead atoms. The molecule has 0 radical (unpaired) electrons. The van der Waals surface area contributed by atoms with Gasteiger partial charge in [0, 0.05) is 18.2 Å². The molecule has 0 aromatic heterocycles. The highest BCUT2D eigenvalue weighted by atomic mass is 32.2. The van der Waals surface area contributed by atoms with Crippen molar-refractivity contribution in [1.29, 1.82) is 0 Å². The third-order valence-electron chi connectivity index (χ3n) is 4.26. The Labute approximate surface area is 132 Å². The molecule has 0 heterocycles. The fraction of sp³-hybridized carbons (Fsp3) is 0.562. The molecular formula is C16H24N2O3S. The Morgan fingerprint density at radius 2 is 1.82 bits per heavy atom. The highest BCUT2D eigenvalue weighted by Gasteiger charge is 2.24. The highest BCUT2D eigenvalue weighted by Crippen LogP contribution is 2.30. The van der Waals surface area contributed by atoms with Crippen LogP contribution >= 0.6 is 0 Å². The monoisotopic (exact) mass is 324 g/mol. The topological polar surface area (TPSA) is 89.3 Å². The summed E-state index contributed by atoms with van der Waals surface area (Å²) < 4.78 is 22.5.